The van der Waals surface area contributed by atoms with Gasteiger partial charge in [-0.1, -0.05) is 44.9 Å². The summed E-state index contributed by atoms with van der Waals surface area (Å²) in [7, 11) is 1.77. The summed E-state index contributed by atoms with van der Waals surface area (Å²) in [6.07, 6.45) is 10.5. The number of para-hydroxylation sites is 1. The Morgan fingerprint density at radius 3 is 2.33 bits per heavy atom. The fourth-order valence-electron chi connectivity index (χ4n) is 4.99. The number of piperidine rings is 1. The average molecular weight is 417 g/mol. The van der Waals surface area contributed by atoms with Crippen LogP contribution in [0.25, 0.3) is 0 Å². The van der Waals surface area contributed by atoms with Crippen molar-refractivity contribution in [3.8, 4) is 5.75 Å². The van der Waals surface area contributed by atoms with Gasteiger partial charge in [0.2, 0.25) is 0 Å². The van der Waals surface area contributed by atoms with Gasteiger partial charge in [-0.3, -0.25) is 0 Å². The monoisotopic (exact) mass is 416 g/mol. The van der Waals surface area contributed by atoms with E-state index in [4.69, 9.17) is 9.47 Å². The van der Waals surface area contributed by atoms with Gasteiger partial charge < -0.3 is 20.1 Å². The number of rotatable bonds is 8. The molecular weight excluding hydrogens is 372 g/mol. The van der Waals surface area contributed by atoms with Crippen LogP contribution in [0.5, 0.6) is 5.75 Å². The van der Waals surface area contributed by atoms with Crippen LogP contribution < -0.4 is 15.4 Å². The third-order valence-electron chi connectivity index (χ3n) is 7.70. The molecule has 3 fully saturated rings. The first-order valence-corrected chi connectivity index (χ1v) is 12.2. The summed E-state index contributed by atoms with van der Waals surface area (Å²) < 4.78 is 11.5. The minimum Gasteiger partial charge on any atom is -0.493 e. The molecule has 1 atom stereocenters. The van der Waals surface area contributed by atoms with Gasteiger partial charge >= 0.3 is 0 Å². The maximum Gasteiger partial charge on any atom is 0.122 e. The van der Waals surface area contributed by atoms with Crippen LogP contribution in [0.15, 0.2) is 24.3 Å². The number of nitrogens with one attached hydrogen (secondary N) is 2. The topological polar surface area (TPSA) is 42.5 Å². The molecule has 30 heavy (non-hydrogen) atoms. The van der Waals surface area contributed by atoms with Crippen molar-refractivity contribution in [3.63, 3.8) is 0 Å². The second-order valence-corrected chi connectivity index (χ2v) is 10.1. The van der Waals surface area contributed by atoms with Crippen molar-refractivity contribution in [2.45, 2.75) is 71.1 Å². The molecule has 3 aliphatic rings. The normalized spacial score (nSPS) is 22.6. The van der Waals surface area contributed by atoms with E-state index < -0.39 is 0 Å². The molecule has 0 bridgehead atoms. The minimum absolute atomic E-state index is 0.178. The van der Waals surface area contributed by atoms with E-state index in [0.29, 0.717) is 5.92 Å². The summed E-state index contributed by atoms with van der Waals surface area (Å²) in [6.45, 7) is 10.9. The summed E-state index contributed by atoms with van der Waals surface area (Å²) >= 11 is 0. The zero-order chi connectivity index (χ0) is 21.3. The lowest BCUT2D eigenvalue weighted by Crippen LogP contribution is -2.51. The van der Waals surface area contributed by atoms with Gasteiger partial charge in [-0.15, -0.1) is 0 Å². The Labute approximate surface area is 184 Å². The van der Waals surface area contributed by atoms with Crippen LogP contribution >= 0.6 is 0 Å². The third kappa shape index (κ3) is 6.45. The molecule has 0 radical (unpaired) electrons. The highest BCUT2D eigenvalue weighted by Crippen LogP contribution is 2.40. The van der Waals surface area contributed by atoms with Crippen molar-refractivity contribution >= 4 is 0 Å². The van der Waals surface area contributed by atoms with Gasteiger partial charge in [-0.25, -0.2) is 0 Å². The van der Waals surface area contributed by atoms with E-state index in [1.165, 1.54) is 57.2 Å². The lowest BCUT2D eigenvalue weighted by Gasteiger charge is -2.39. The Morgan fingerprint density at radius 1 is 1.07 bits per heavy atom. The number of methoxy groups -OCH3 is 1. The van der Waals surface area contributed by atoms with Crippen molar-refractivity contribution in [2.75, 3.05) is 46.5 Å². The summed E-state index contributed by atoms with van der Waals surface area (Å²) in [5.74, 6) is 1.70. The maximum atomic E-state index is 6.27. The summed E-state index contributed by atoms with van der Waals surface area (Å²) in [4.78, 5) is 0. The van der Waals surface area contributed by atoms with Gasteiger partial charge in [0.1, 0.15) is 5.75 Å². The van der Waals surface area contributed by atoms with Gasteiger partial charge in [0.05, 0.1) is 6.61 Å². The Balaban J connectivity index is 0.000000263. The van der Waals surface area contributed by atoms with Crippen molar-refractivity contribution in [1.82, 2.24) is 10.6 Å². The predicted octanol–water partition coefficient (Wildman–Crippen LogP) is 5.14. The van der Waals surface area contributed by atoms with Gasteiger partial charge in [-0.05, 0) is 74.6 Å². The molecule has 2 heterocycles. The van der Waals surface area contributed by atoms with Crippen molar-refractivity contribution in [2.24, 2.45) is 10.8 Å². The molecule has 170 valence electrons. The lowest BCUT2D eigenvalue weighted by atomic mass is 9.80. The second kappa shape index (κ2) is 11.5. The van der Waals surface area contributed by atoms with E-state index in [9.17, 15) is 0 Å². The largest absolute Gasteiger partial charge is 0.493 e. The van der Waals surface area contributed by atoms with E-state index in [0.717, 1.165) is 50.3 Å². The number of benzene rings is 1. The van der Waals surface area contributed by atoms with Crippen LogP contribution in [0.4, 0.5) is 0 Å². The zero-order valence-corrected chi connectivity index (χ0v) is 19.6. The summed E-state index contributed by atoms with van der Waals surface area (Å²) in [6, 6.07) is 8.58. The average Bonchev–Trinajstić information content (AvgIpc) is 3.29. The molecule has 2 saturated heterocycles. The molecular formula is C26H44N2O2. The predicted molar refractivity (Wildman–Crippen MR) is 125 cm³/mol. The molecule has 1 aliphatic carbocycles. The minimum atomic E-state index is 0.178. The molecule has 0 amide bonds. The first-order valence-electron chi connectivity index (χ1n) is 12.2. The van der Waals surface area contributed by atoms with E-state index in [1.54, 1.807) is 7.11 Å². The fourth-order valence-corrected chi connectivity index (χ4v) is 4.99. The standard InChI is InChI=1S/C19H31NO2.C7H13N/c1-4-19(2,11-14-21-3)15-22-18-8-6-5-7-17(18)16-9-12-20-13-10-16;1-2-4-7(3-1)5-8-6-7/h5-8,16,20H,4,9-15H2,1-3H3;8H,1-6H2. The smallest absolute Gasteiger partial charge is 0.122 e. The fraction of sp³-hybridized carbons (Fsp3) is 0.769. The van der Waals surface area contributed by atoms with Crippen LogP contribution in [-0.4, -0.2) is 46.5 Å². The molecule has 4 heteroatoms. The molecule has 2 N–H and O–H groups in total. The number of ether oxygens (including phenoxy) is 2. The van der Waals surface area contributed by atoms with Crippen molar-refractivity contribution in [3.05, 3.63) is 29.8 Å². The van der Waals surface area contributed by atoms with E-state index in [1.807, 2.05) is 0 Å². The highest BCUT2D eigenvalue weighted by molar-refractivity contribution is 5.36. The van der Waals surface area contributed by atoms with Crippen LogP contribution in [0, 0.1) is 10.8 Å². The molecule has 0 aromatic heterocycles. The Morgan fingerprint density at radius 2 is 1.77 bits per heavy atom. The Hall–Kier alpha value is -1.10. The van der Waals surface area contributed by atoms with Crippen molar-refractivity contribution in [1.29, 1.82) is 0 Å². The number of hydrogen-bond acceptors (Lipinski definition) is 4. The molecule has 4 nitrogen and oxygen atoms in total. The SMILES string of the molecule is C1CCC2(C1)CNC2.CCC(C)(CCOC)COc1ccccc1C1CCNCC1. The van der Waals surface area contributed by atoms with E-state index >= 15 is 0 Å². The second-order valence-electron chi connectivity index (χ2n) is 10.1. The zero-order valence-electron chi connectivity index (χ0n) is 19.6. The van der Waals surface area contributed by atoms with Gasteiger partial charge in [-0.2, -0.15) is 0 Å². The van der Waals surface area contributed by atoms with E-state index in [-0.39, 0.29) is 5.41 Å². The molecule has 1 aromatic carbocycles. The van der Waals surface area contributed by atoms with E-state index in [2.05, 4.69) is 48.7 Å². The Kier molecular flexibility index (Phi) is 9.03. The summed E-state index contributed by atoms with van der Waals surface area (Å²) in [5, 5.41) is 6.78. The van der Waals surface area contributed by atoms with Crippen molar-refractivity contribution < 1.29 is 9.47 Å². The lowest BCUT2D eigenvalue weighted by molar-refractivity contribution is 0.0957. The van der Waals surface area contributed by atoms with Gasteiger partial charge in [0.15, 0.2) is 0 Å². The third-order valence-corrected chi connectivity index (χ3v) is 7.70. The molecule has 1 aromatic rings. The quantitative estimate of drug-likeness (QED) is 0.616. The van der Waals surface area contributed by atoms with Gasteiger partial charge in [0, 0.05) is 32.2 Å². The van der Waals surface area contributed by atoms with Crippen LogP contribution in [-0.2, 0) is 4.74 Å². The molecule has 1 saturated carbocycles. The molecule has 2 aliphatic heterocycles. The van der Waals surface area contributed by atoms with Crippen LogP contribution in [0.1, 0.15) is 76.7 Å². The molecule has 4 rings (SSSR count). The molecule has 1 spiro atoms. The Bertz CT molecular complexity index is 617. The molecule has 1 unspecified atom stereocenters. The highest BCUT2D eigenvalue weighted by Gasteiger charge is 2.38. The summed E-state index contributed by atoms with van der Waals surface area (Å²) in [5.41, 5.74) is 2.37. The van der Waals surface area contributed by atoms with Gasteiger partial charge in [0.25, 0.3) is 0 Å². The first kappa shape index (κ1) is 23.6. The van der Waals surface area contributed by atoms with Crippen LogP contribution in [0.2, 0.25) is 0 Å². The maximum absolute atomic E-state index is 6.27. The first-order chi connectivity index (χ1) is 14.6. The van der Waals surface area contributed by atoms with Crippen LogP contribution in [0.3, 0.4) is 0 Å². The highest BCUT2D eigenvalue weighted by atomic mass is 16.5. The number of hydrogen-bond donors (Lipinski definition) is 2.